The molecule has 1 aliphatic rings. The van der Waals surface area contributed by atoms with Gasteiger partial charge in [-0.1, -0.05) is 18.2 Å². The number of aliphatic carboxylic acids is 1. The van der Waals surface area contributed by atoms with Gasteiger partial charge < -0.3 is 14.7 Å². The highest BCUT2D eigenvalue weighted by atomic mass is 19.4. The van der Waals surface area contributed by atoms with Crippen molar-refractivity contribution in [2.24, 2.45) is 5.92 Å². The van der Waals surface area contributed by atoms with Gasteiger partial charge in [-0.25, -0.2) is 0 Å². The van der Waals surface area contributed by atoms with E-state index < -0.39 is 24.5 Å². The molecule has 8 heteroatoms. The number of ether oxygens (including phenoxy) is 1. The van der Waals surface area contributed by atoms with Crippen LogP contribution in [0.1, 0.15) is 57.1 Å². The number of hydrogen-bond donors (Lipinski definition) is 1. The van der Waals surface area contributed by atoms with Crippen molar-refractivity contribution in [3.8, 4) is 5.75 Å². The standard InChI is InChI=1S/C24H30F3NO4/c1-5-19(20-13-17(15(3)23(30)31)9-10-21(20)32-4)18(11-12-24(25,26)27)14-28(6-2)22(29)16-7-8-16/h5,9-11,13,15-16H,6-8,12,14H2,1-4H3,(H,30,31)/b18-11-,19-5+. The van der Waals surface area contributed by atoms with Gasteiger partial charge in [0.2, 0.25) is 5.91 Å². The van der Waals surface area contributed by atoms with Gasteiger partial charge in [0, 0.05) is 24.6 Å². The van der Waals surface area contributed by atoms with E-state index in [2.05, 4.69) is 0 Å². The monoisotopic (exact) mass is 453 g/mol. The first-order valence-corrected chi connectivity index (χ1v) is 10.6. The summed E-state index contributed by atoms with van der Waals surface area (Å²) < 4.78 is 44.6. The van der Waals surface area contributed by atoms with Crippen LogP contribution in [0.15, 0.2) is 35.9 Å². The Morgan fingerprint density at radius 3 is 2.44 bits per heavy atom. The van der Waals surface area contributed by atoms with Crippen LogP contribution in [-0.2, 0) is 9.59 Å². The number of carboxylic acids is 1. The van der Waals surface area contributed by atoms with Crippen molar-refractivity contribution in [1.82, 2.24) is 4.90 Å². The number of amides is 1. The van der Waals surface area contributed by atoms with Gasteiger partial charge in [-0.3, -0.25) is 9.59 Å². The first-order chi connectivity index (χ1) is 15.0. The Kier molecular flexibility index (Phi) is 8.52. The van der Waals surface area contributed by atoms with Crippen molar-refractivity contribution in [2.75, 3.05) is 20.2 Å². The van der Waals surface area contributed by atoms with E-state index in [1.165, 1.54) is 14.0 Å². The summed E-state index contributed by atoms with van der Waals surface area (Å²) in [5, 5.41) is 9.37. The summed E-state index contributed by atoms with van der Waals surface area (Å²) in [5.41, 5.74) is 1.82. The van der Waals surface area contributed by atoms with Crippen LogP contribution in [-0.4, -0.2) is 48.3 Å². The summed E-state index contributed by atoms with van der Waals surface area (Å²) in [5.74, 6) is -1.51. The molecule has 1 aliphatic carbocycles. The zero-order chi connectivity index (χ0) is 24.1. The lowest BCUT2D eigenvalue weighted by Crippen LogP contribution is -2.34. The number of rotatable bonds is 10. The molecule has 1 amide bonds. The van der Waals surface area contributed by atoms with Crippen molar-refractivity contribution < 1.29 is 32.6 Å². The van der Waals surface area contributed by atoms with Gasteiger partial charge >= 0.3 is 12.1 Å². The van der Waals surface area contributed by atoms with Crippen LogP contribution in [0.25, 0.3) is 5.57 Å². The van der Waals surface area contributed by atoms with Crippen molar-refractivity contribution in [1.29, 1.82) is 0 Å². The SMILES string of the molecule is C/C=C(\C(=C/CC(F)(F)F)CN(CC)C(=O)C1CC1)c1cc(C(C)C(=O)O)ccc1OC. The van der Waals surface area contributed by atoms with E-state index in [-0.39, 0.29) is 18.4 Å². The van der Waals surface area contributed by atoms with E-state index in [0.29, 0.717) is 34.6 Å². The van der Waals surface area contributed by atoms with Crippen molar-refractivity contribution in [3.63, 3.8) is 0 Å². The topological polar surface area (TPSA) is 66.8 Å². The minimum Gasteiger partial charge on any atom is -0.496 e. The van der Waals surface area contributed by atoms with Gasteiger partial charge in [0.25, 0.3) is 0 Å². The third-order valence-electron chi connectivity index (χ3n) is 5.58. The number of halogens is 3. The first kappa shape index (κ1) is 25.5. The van der Waals surface area contributed by atoms with Crippen LogP contribution in [0.5, 0.6) is 5.75 Å². The minimum absolute atomic E-state index is 0.0312. The highest BCUT2D eigenvalue weighted by Crippen LogP contribution is 2.36. The summed E-state index contributed by atoms with van der Waals surface area (Å²) in [6, 6.07) is 4.87. The minimum atomic E-state index is -4.40. The average molecular weight is 454 g/mol. The Labute approximate surface area is 186 Å². The van der Waals surface area contributed by atoms with Crippen LogP contribution >= 0.6 is 0 Å². The molecule has 0 aromatic heterocycles. The van der Waals surface area contributed by atoms with E-state index in [9.17, 15) is 27.9 Å². The summed E-state index contributed by atoms with van der Waals surface area (Å²) in [7, 11) is 1.44. The van der Waals surface area contributed by atoms with Crippen molar-refractivity contribution >= 4 is 17.4 Å². The Morgan fingerprint density at radius 2 is 1.97 bits per heavy atom. The number of likely N-dealkylation sites (N-methyl/N-ethyl adjacent to an activating group) is 1. The molecule has 176 valence electrons. The molecule has 1 atom stereocenters. The molecule has 0 spiro atoms. The molecule has 1 N–H and O–H groups in total. The van der Waals surface area contributed by atoms with Gasteiger partial charge in [-0.2, -0.15) is 13.2 Å². The molecule has 0 aliphatic heterocycles. The lowest BCUT2D eigenvalue weighted by molar-refractivity contribution is -0.138. The molecule has 0 saturated heterocycles. The normalized spacial score (nSPS) is 16.0. The number of carbonyl (C=O) groups excluding carboxylic acids is 1. The van der Waals surface area contributed by atoms with E-state index in [0.717, 1.165) is 18.9 Å². The highest BCUT2D eigenvalue weighted by molar-refractivity contribution is 5.86. The lowest BCUT2D eigenvalue weighted by Gasteiger charge is -2.25. The zero-order valence-electron chi connectivity index (χ0n) is 18.8. The molecule has 1 aromatic carbocycles. The van der Waals surface area contributed by atoms with Gasteiger partial charge in [0.1, 0.15) is 5.75 Å². The molecule has 1 aromatic rings. The van der Waals surface area contributed by atoms with Crippen LogP contribution in [0.3, 0.4) is 0 Å². The van der Waals surface area contributed by atoms with Gasteiger partial charge in [-0.05, 0) is 62.5 Å². The molecular formula is C24H30F3NO4. The number of methoxy groups -OCH3 is 1. The van der Waals surface area contributed by atoms with Crippen molar-refractivity contribution in [3.05, 3.63) is 47.1 Å². The zero-order valence-corrected chi connectivity index (χ0v) is 18.8. The molecule has 2 rings (SSSR count). The predicted octanol–water partition coefficient (Wildman–Crippen LogP) is 5.42. The number of benzene rings is 1. The summed E-state index contributed by atoms with van der Waals surface area (Å²) >= 11 is 0. The highest BCUT2D eigenvalue weighted by Gasteiger charge is 2.34. The number of allylic oxidation sites excluding steroid dienone is 2. The van der Waals surface area contributed by atoms with E-state index >= 15 is 0 Å². The van der Waals surface area contributed by atoms with Gasteiger partial charge in [0.15, 0.2) is 0 Å². The summed E-state index contributed by atoms with van der Waals surface area (Å²) in [6.45, 7) is 5.44. The Balaban J connectivity index is 2.53. The molecule has 5 nitrogen and oxygen atoms in total. The lowest BCUT2D eigenvalue weighted by atomic mass is 9.91. The quantitative estimate of drug-likeness (QED) is 0.480. The number of carbonyl (C=O) groups is 2. The van der Waals surface area contributed by atoms with Crippen LogP contribution in [0, 0.1) is 5.92 Å². The van der Waals surface area contributed by atoms with Crippen LogP contribution in [0.4, 0.5) is 13.2 Å². The third-order valence-corrected chi connectivity index (χ3v) is 5.58. The van der Waals surface area contributed by atoms with E-state index in [1.807, 2.05) is 0 Å². The number of carboxylic acid groups (broad SMARTS) is 1. The second-order valence-corrected chi connectivity index (χ2v) is 7.90. The summed E-state index contributed by atoms with van der Waals surface area (Å²) in [4.78, 5) is 25.7. The summed E-state index contributed by atoms with van der Waals surface area (Å²) in [6.07, 6.45) is -1.16. The first-order valence-electron chi connectivity index (χ1n) is 10.6. The number of nitrogens with zero attached hydrogens (tertiary/aromatic N) is 1. The number of hydrogen-bond acceptors (Lipinski definition) is 3. The molecule has 0 heterocycles. The fourth-order valence-corrected chi connectivity index (χ4v) is 3.50. The van der Waals surface area contributed by atoms with Crippen molar-refractivity contribution in [2.45, 2.75) is 52.1 Å². The van der Waals surface area contributed by atoms with Crippen LogP contribution < -0.4 is 4.74 Å². The Hall–Kier alpha value is -2.77. The molecule has 0 bridgehead atoms. The molecule has 0 radical (unpaired) electrons. The second kappa shape index (κ2) is 10.7. The maximum atomic E-state index is 13.1. The maximum Gasteiger partial charge on any atom is 0.392 e. The third kappa shape index (κ3) is 6.61. The average Bonchev–Trinajstić information content (AvgIpc) is 3.59. The van der Waals surface area contributed by atoms with Gasteiger partial charge in [-0.15, -0.1) is 0 Å². The van der Waals surface area contributed by atoms with E-state index in [1.54, 1.807) is 43.0 Å². The molecular weight excluding hydrogens is 423 g/mol. The van der Waals surface area contributed by atoms with Crippen LogP contribution in [0.2, 0.25) is 0 Å². The molecule has 32 heavy (non-hydrogen) atoms. The predicted molar refractivity (Wildman–Crippen MR) is 116 cm³/mol. The van der Waals surface area contributed by atoms with Gasteiger partial charge in [0.05, 0.1) is 19.4 Å². The number of alkyl halides is 3. The fourth-order valence-electron chi connectivity index (χ4n) is 3.50. The largest absolute Gasteiger partial charge is 0.496 e. The fraction of sp³-hybridized carbons (Fsp3) is 0.500. The molecule has 1 saturated carbocycles. The smallest absolute Gasteiger partial charge is 0.392 e. The maximum absolute atomic E-state index is 13.1. The molecule has 1 fully saturated rings. The Morgan fingerprint density at radius 1 is 1.31 bits per heavy atom. The second-order valence-electron chi connectivity index (χ2n) is 7.90. The Bertz CT molecular complexity index is 901. The molecule has 1 unspecified atom stereocenters. The van der Waals surface area contributed by atoms with E-state index in [4.69, 9.17) is 4.74 Å².